The van der Waals surface area contributed by atoms with Crippen molar-refractivity contribution in [3.63, 3.8) is 0 Å². The lowest BCUT2D eigenvalue weighted by molar-refractivity contribution is 0.413. The van der Waals surface area contributed by atoms with E-state index in [0.29, 0.717) is 43.9 Å². The van der Waals surface area contributed by atoms with Gasteiger partial charge in [0, 0.05) is 53.5 Å². The van der Waals surface area contributed by atoms with Gasteiger partial charge in [-0.1, -0.05) is 37.3 Å². The molecule has 4 aromatic rings. The molecule has 0 aliphatic heterocycles. The molecule has 11 nitrogen and oxygen atoms in total. The van der Waals surface area contributed by atoms with Gasteiger partial charge >= 0.3 is 0 Å². The average molecular weight is 570 g/mol. The number of aromatic nitrogens is 4. The van der Waals surface area contributed by atoms with Crippen molar-refractivity contribution in [2.24, 2.45) is 0 Å². The minimum absolute atomic E-state index is 0.253. The summed E-state index contributed by atoms with van der Waals surface area (Å²) >= 11 is 1.57. The molecule has 0 aliphatic carbocycles. The fraction of sp³-hybridized carbons (Fsp3) is 0.385. The van der Waals surface area contributed by atoms with Gasteiger partial charge in [0.05, 0.1) is 15.7 Å². The Kier molecular flexibility index (Phi) is 9.28. The fourth-order valence-corrected chi connectivity index (χ4v) is 5.53. The predicted molar refractivity (Wildman–Crippen MR) is 159 cm³/mol. The summed E-state index contributed by atoms with van der Waals surface area (Å²) in [6, 6.07) is 16.2. The van der Waals surface area contributed by atoms with Gasteiger partial charge in [-0.05, 0) is 36.1 Å². The predicted octanol–water partition coefficient (Wildman–Crippen LogP) is 4.01. The smallest absolute Gasteiger partial charge is 0.281 e. The quantitative estimate of drug-likeness (QED) is 0.246. The van der Waals surface area contributed by atoms with Gasteiger partial charge in [-0.15, -0.1) is 11.3 Å². The van der Waals surface area contributed by atoms with Crippen LogP contribution in [0.3, 0.4) is 0 Å². The van der Waals surface area contributed by atoms with Gasteiger partial charge in [0.25, 0.3) is 10.2 Å². The molecular weight excluding hydrogens is 534 g/mol. The zero-order valence-electron chi connectivity index (χ0n) is 22.9. The van der Waals surface area contributed by atoms with Crippen LogP contribution in [-0.4, -0.2) is 84.8 Å². The zero-order chi connectivity index (χ0) is 28.0. The standard InChI is InChI=1S/C26H35N9O2S2/c1-19(20-10-7-6-8-11-20)17-27-24-30-25(29-21-12-13-22-23(16-21)38-18-28-22)32-26(31-24)34(4)14-9-15-35(5)39(36,37)33(2)3/h6-8,10-13,16,18-19H,9,14-15,17H2,1-5H3,(H2,27,29,30,31,32). The summed E-state index contributed by atoms with van der Waals surface area (Å²) in [6.45, 7) is 3.73. The highest BCUT2D eigenvalue weighted by molar-refractivity contribution is 7.86. The van der Waals surface area contributed by atoms with Crippen LogP contribution in [0, 0.1) is 0 Å². The van der Waals surface area contributed by atoms with Crippen molar-refractivity contribution >= 4 is 55.3 Å². The Bertz CT molecular complexity index is 1480. The number of hydrogen-bond acceptors (Lipinski definition) is 10. The van der Waals surface area contributed by atoms with Crippen molar-refractivity contribution in [2.75, 3.05) is 63.4 Å². The van der Waals surface area contributed by atoms with Crippen LogP contribution in [-0.2, 0) is 10.2 Å². The molecule has 2 N–H and O–H groups in total. The number of fused-ring (bicyclic) bond motifs is 1. The summed E-state index contributed by atoms with van der Waals surface area (Å²) in [5.41, 5.74) is 4.84. The highest BCUT2D eigenvalue weighted by Gasteiger charge is 2.20. The van der Waals surface area contributed by atoms with E-state index in [2.05, 4.69) is 49.6 Å². The van der Waals surface area contributed by atoms with Crippen molar-refractivity contribution in [3.8, 4) is 0 Å². The third-order valence-electron chi connectivity index (χ3n) is 6.31. The summed E-state index contributed by atoms with van der Waals surface area (Å²) < 4.78 is 28.3. The highest BCUT2D eigenvalue weighted by atomic mass is 32.2. The minimum atomic E-state index is -3.45. The van der Waals surface area contributed by atoms with E-state index in [1.165, 1.54) is 28.3 Å². The first kappa shape index (κ1) is 28.6. The molecule has 2 aromatic carbocycles. The first-order valence-corrected chi connectivity index (χ1v) is 14.9. The summed E-state index contributed by atoms with van der Waals surface area (Å²) in [5, 5.41) is 6.67. The molecule has 4 rings (SSSR count). The lowest BCUT2D eigenvalue weighted by Crippen LogP contribution is -2.38. The molecule has 0 radical (unpaired) electrons. The number of benzene rings is 2. The first-order valence-electron chi connectivity index (χ1n) is 12.6. The molecule has 39 heavy (non-hydrogen) atoms. The van der Waals surface area contributed by atoms with Crippen LogP contribution in [0.1, 0.15) is 24.8 Å². The molecule has 1 atom stereocenters. The number of rotatable bonds is 13. The van der Waals surface area contributed by atoms with Crippen LogP contribution in [0.25, 0.3) is 10.2 Å². The summed E-state index contributed by atoms with van der Waals surface area (Å²) in [7, 11) is 3.06. The van der Waals surface area contributed by atoms with Gasteiger partial charge in [-0.25, -0.2) is 4.98 Å². The molecule has 208 valence electrons. The molecular formula is C26H35N9O2S2. The van der Waals surface area contributed by atoms with E-state index in [4.69, 9.17) is 0 Å². The lowest BCUT2D eigenvalue weighted by Gasteiger charge is -2.23. The summed E-state index contributed by atoms with van der Waals surface area (Å²) in [6.07, 6.45) is 0.602. The monoisotopic (exact) mass is 569 g/mol. The van der Waals surface area contributed by atoms with Gasteiger partial charge < -0.3 is 15.5 Å². The molecule has 0 bridgehead atoms. The molecule has 0 saturated carbocycles. The number of thiazole rings is 1. The molecule has 13 heteroatoms. The second-order valence-corrected chi connectivity index (χ2v) is 12.7. The third kappa shape index (κ3) is 7.38. The van der Waals surface area contributed by atoms with Crippen LogP contribution >= 0.6 is 11.3 Å². The van der Waals surface area contributed by atoms with Crippen molar-refractivity contribution in [1.29, 1.82) is 0 Å². The van der Waals surface area contributed by atoms with Crippen LogP contribution in [0.4, 0.5) is 23.5 Å². The largest absolute Gasteiger partial charge is 0.353 e. The maximum Gasteiger partial charge on any atom is 0.281 e. The zero-order valence-corrected chi connectivity index (χ0v) is 24.5. The highest BCUT2D eigenvalue weighted by Crippen LogP contribution is 2.24. The Morgan fingerprint density at radius 3 is 2.44 bits per heavy atom. The molecule has 0 amide bonds. The molecule has 0 aliphatic rings. The van der Waals surface area contributed by atoms with E-state index in [1.54, 1.807) is 18.4 Å². The average Bonchev–Trinajstić information content (AvgIpc) is 3.40. The maximum absolute atomic E-state index is 12.3. The Morgan fingerprint density at radius 2 is 1.69 bits per heavy atom. The number of hydrogen-bond donors (Lipinski definition) is 2. The lowest BCUT2D eigenvalue weighted by atomic mass is 10.0. The molecule has 2 heterocycles. The third-order valence-corrected chi connectivity index (χ3v) is 8.99. The van der Waals surface area contributed by atoms with E-state index in [-0.39, 0.29) is 5.92 Å². The molecule has 2 aromatic heterocycles. The summed E-state index contributed by atoms with van der Waals surface area (Å²) in [4.78, 5) is 20.2. The SMILES string of the molecule is CC(CNc1nc(Nc2ccc3ncsc3c2)nc(N(C)CCCN(C)S(=O)(=O)N(C)C)n1)c1ccccc1. The fourth-order valence-electron chi connectivity index (χ4n) is 3.90. The van der Waals surface area contributed by atoms with Crippen LogP contribution < -0.4 is 15.5 Å². The second kappa shape index (κ2) is 12.6. The Labute approximate surface area is 234 Å². The van der Waals surface area contributed by atoms with Crippen LogP contribution in [0.2, 0.25) is 0 Å². The molecule has 0 spiro atoms. The van der Waals surface area contributed by atoms with Gasteiger partial charge in [0.15, 0.2) is 0 Å². The van der Waals surface area contributed by atoms with Gasteiger partial charge in [-0.2, -0.15) is 32.0 Å². The molecule has 0 saturated heterocycles. The number of nitrogens with zero attached hydrogens (tertiary/aromatic N) is 7. The van der Waals surface area contributed by atoms with Crippen LogP contribution in [0.5, 0.6) is 0 Å². The van der Waals surface area contributed by atoms with Gasteiger partial charge in [0.1, 0.15) is 0 Å². The Balaban J connectivity index is 1.50. The van der Waals surface area contributed by atoms with E-state index in [1.807, 2.05) is 53.9 Å². The maximum atomic E-state index is 12.3. The van der Waals surface area contributed by atoms with Crippen molar-refractivity contribution in [1.82, 2.24) is 28.5 Å². The van der Waals surface area contributed by atoms with Crippen molar-refractivity contribution in [3.05, 3.63) is 59.6 Å². The normalized spacial score (nSPS) is 12.7. The number of nitrogens with one attached hydrogen (secondary N) is 2. The topological polar surface area (TPSA) is 119 Å². The first-order chi connectivity index (χ1) is 18.6. The van der Waals surface area contributed by atoms with E-state index in [0.717, 1.165) is 15.9 Å². The van der Waals surface area contributed by atoms with Crippen molar-refractivity contribution < 1.29 is 8.42 Å². The van der Waals surface area contributed by atoms with E-state index >= 15 is 0 Å². The van der Waals surface area contributed by atoms with Gasteiger partial charge in [0.2, 0.25) is 17.8 Å². The Morgan fingerprint density at radius 1 is 0.949 bits per heavy atom. The number of anilines is 4. The second-order valence-electron chi connectivity index (χ2n) is 9.52. The minimum Gasteiger partial charge on any atom is -0.353 e. The molecule has 1 unspecified atom stereocenters. The van der Waals surface area contributed by atoms with Crippen LogP contribution in [0.15, 0.2) is 54.0 Å². The van der Waals surface area contributed by atoms with Crippen molar-refractivity contribution in [2.45, 2.75) is 19.3 Å². The van der Waals surface area contributed by atoms with E-state index in [9.17, 15) is 8.42 Å². The Hall–Kier alpha value is -3.39. The van der Waals surface area contributed by atoms with Gasteiger partial charge in [-0.3, -0.25) is 0 Å². The summed E-state index contributed by atoms with van der Waals surface area (Å²) in [5.74, 6) is 1.61. The molecule has 0 fully saturated rings. The van der Waals surface area contributed by atoms with E-state index < -0.39 is 10.2 Å².